The zero-order valence-electron chi connectivity index (χ0n) is 15.7. The Hall–Kier alpha value is -1.22. The number of aliphatic hydroxyl groups excluding tert-OH is 1. The number of hydrogen-bond donors (Lipinski definition) is 2. The molecule has 0 spiro atoms. The summed E-state index contributed by atoms with van der Waals surface area (Å²) in [6.07, 6.45) is 1.56. The fourth-order valence-corrected chi connectivity index (χ4v) is 3.96. The van der Waals surface area contributed by atoms with E-state index in [2.05, 4.69) is 34.5 Å². The molecule has 0 amide bonds. The lowest BCUT2D eigenvalue weighted by Crippen LogP contribution is -2.35. The van der Waals surface area contributed by atoms with E-state index in [-0.39, 0.29) is 5.70 Å². The van der Waals surface area contributed by atoms with Crippen LogP contribution in [-0.4, -0.2) is 22.9 Å². The van der Waals surface area contributed by atoms with Crippen molar-refractivity contribution in [1.82, 2.24) is 5.06 Å². The van der Waals surface area contributed by atoms with E-state index in [0.717, 1.165) is 27.7 Å². The number of benzene rings is 1. The van der Waals surface area contributed by atoms with Gasteiger partial charge in [0.1, 0.15) is 12.1 Å². The lowest BCUT2D eigenvalue weighted by molar-refractivity contribution is 0.0621. The minimum atomic E-state index is -1.34. The first-order chi connectivity index (χ1) is 12.8. The standard InChI is InChI=1S/C21H25FIN2O2/c1-12(2)16-7-8-17(21(26)25(27)11-14-4-5-14)20(19(16)22)24-18-9-6-15(23)10-13(18)3/h6,9-10,14,21,24,26H,1,4-5,7-8,11H2,2-3H3/q-1. The van der Waals surface area contributed by atoms with Crippen molar-refractivity contribution in [3.63, 3.8) is 0 Å². The number of hydrogen-bond acceptors (Lipinski definition) is 4. The molecule has 6 heteroatoms. The summed E-state index contributed by atoms with van der Waals surface area (Å²) in [5, 5.41) is 26.8. The number of nitrogens with zero attached hydrogens (tertiary/aromatic N) is 1. The minimum absolute atomic E-state index is 0.202. The Balaban J connectivity index is 1.98. The summed E-state index contributed by atoms with van der Waals surface area (Å²) < 4.78 is 16.4. The number of anilines is 1. The molecule has 0 radical (unpaired) electrons. The third-order valence-corrected chi connectivity index (χ3v) is 5.80. The Labute approximate surface area is 173 Å². The molecule has 1 aromatic carbocycles. The van der Waals surface area contributed by atoms with Crippen molar-refractivity contribution in [3.8, 4) is 0 Å². The molecule has 0 saturated heterocycles. The normalized spacial score (nSPS) is 18.9. The topological polar surface area (TPSA) is 58.6 Å². The molecule has 0 aliphatic heterocycles. The molecule has 2 aliphatic carbocycles. The van der Waals surface area contributed by atoms with Crippen LogP contribution in [0.2, 0.25) is 0 Å². The van der Waals surface area contributed by atoms with Crippen LogP contribution in [0.4, 0.5) is 10.1 Å². The van der Waals surface area contributed by atoms with Crippen molar-refractivity contribution < 1.29 is 9.50 Å². The Morgan fingerprint density at radius 2 is 2.15 bits per heavy atom. The highest BCUT2D eigenvalue weighted by Gasteiger charge is 2.30. The molecule has 2 aliphatic rings. The van der Waals surface area contributed by atoms with E-state index < -0.39 is 12.1 Å². The second-order valence-corrected chi connectivity index (χ2v) is 8.72. The number of aryl methyl sites for hydroxylation is 1. The zero-order chi connectivity index (χ0) is 19.7. The molecule has 1 unspecified atom stereocenters. The maximum atomic E-state index is 15.3. The summed E-state index contributed by atoms with van der Waals surface area (Å²) in [6.45, 7) is 7.88. The van der Waals surface area contributed by atoms with Crippen molar-refractivity contribution in [1.29, 1.82) is 0 Å². The lowest BCUT2D eigenvalue weighted by Gasteiger charge is -2.37. The highest BCUT2D eigenvalue weighted by molar-refractivity contribution is 14.1. The van der Waals surface area contributed by atoms with Crippen LogP contribution in [0.5, 0.6) is 0 Å². The van der Waals surface area contributed by atoms with E-state index in [1.165, 1.54) is 0 Å². The second kappa shape index (κ2) is 8.43. The Kier molecular flexibility index (Phi) is 6.40. The van der Waals surface area contributed by atoms with Gasteiger partial charge in [0.25, 0.3) is 0 Å². The molecule has 2 N–H and O–H groups in total. The van der Waals surface area contributed by atoms with Crippen LogP contribution in [0.1, 0.15) is 38.2 Å². The smallest absolute Gasteiger partial charge is 0.150 e. The average molecular weight is 483 g/mol. The van der Waals surface area contributed by atoms with Crippen LogP contribution in [0, 0.1) is 21.6 Å². The first-order valence-electron chi connectivity index (χ1n) is 9.21. The zero-order valence-corrected chi connectivity index (χ0v) is 17.8. The number of rotatable bonds is 7. The van der Waals surface area contributed by atoms with Gasteiger partial charge in [-0.05, 0) is 109 Å². The summed E-state index contributed by atoms with van der Waals surface area (Å²) in [5.74, 6) is -0.0804. The molecule has 1 atom stereocenters. The number of allylic oxidation sites excluding steroid dienone is 3. The first-order valence-corrected chi connectivity index (χ1v) is 10.3. The molecule has 3 rings (SSSR count). The van der Waals surface area contributed by atoms with Gasteiger partial charge in [-0.3, -0.25) is 0 Å². The molecular weight excluding hydrogens is 458 g/mol. The third kappa shape index (κ3) is 4.80. The van der Waals surface area contributed by atoms with Crippen molar-refractivity contribution >= 4 is 28.3 Å². The fourth-order valence-electron chi connectivity index (χ4n) is 3.31. The Morgan fingerprint density at radius 1 is 1.44 bits per heavy atom. The third-order valence-electron chi connectivity index (χ3n) is 5.13. The monoisotopic (exact) mass is 483 g/mol. The molecule has 1 fully saturated rings. The summed E-state index contributed by atoms with van der Waals surface area (Å²) in [6, 6.07) is 5.82. The van der Waals surface area contributed by atoms with Gasteiger partial charge in [0.15, 0.2) is 0 Å². The fraction of sp³-hybridized carbons (Fsp3) is 0.429. The first kappa shape index (κ1) is 20.5. The van der Waals surface area contributed by atoms with Gasteiger partial charge in [-0.25, -0.2) is 4.39 Å². The van der Waals surface area contributed by atoms with Crippen molar-refractivity contribution in [2.75, 3.05) is 11.9 Å². The van der Waals surface area contributed by atoms with Gasteiger partial charge in [0, 0.05) is 9.26 Å². The number of aliphatic hydroxyl groups is 1. The predicted octanol–water partition coefficient (Wildman–Crippen LogP) is 5.39. The van der Waals surface area contributed by atoms with Crippen molar-refractivity contribution in [2.45, 2.75) is 45.8 Å². The average Bonchev–Trinajstić information content (AvgIpc) is 3.41. The van der Waals surface area contributed by atoms with Crippen LogP contribution in [0.3, 0.4) is 0 Å². The maximum Gasteiger partial charge on any atom is 0.150 e. The number of hydroxylamine groups is 2. The molecule has 0 heterocycles. The Bertz CT molecular complexity index is 814. The quantitative estimate of drug-likeness (QED) is 0.310. The highest BCUT2D eigenvalue weighted by atomic mass is 127. The SMILES string of the molecule is C=C(C)C1=C(F)C(Nc2ccc(I)cc2C)=C(C(O)N([O-])CC2CC2)CC1. The van der Waals surface area contributed by atoms with E-state index in [9.17, 15) is 10.3 Å². The van der Waals surface area contributed by atoms with E-state index in [1.54, 1.807) is 6.92 Å². The largest absolute Gasteiger partial charge is 0.783 e. The molecule has 27 heavy (non-hydrogen) atoms. The second-order valence-electron chi connectivity index (χ2n) is 7.47. The number of nitrogens with one attached hydrogen (secondary N) is 1. The van der Waals surface area contributed by atoms with Crippen LogP contribution in [0.15, 0.2) is 53.0 Å². The van der Waals surface area contributed by atoms with Gasteiger partial charge < -0.3 is 20.7 Å². The molecule has 1 saturated carbocycles. The van der Waals surface area contributed by atoms with Crippen LogP contribution < -0.4 is 5.32 Å². The van der Waals surface area contributed by atoms with Crippen LogP contribution in [0.25, 0.3) is 0 Å². The van der Waals surface area contributed by atoms with Crippen molar-refractivity contribution in [3.05, 3.63) is 67.4 Å². The van der Waals surface area contributed by atoms with E-state index >= 15 is 4.39 Å². The van der Waals surface area contributed by atoms with Crippen LogP contribution >= 0.6 is 22.6 Å². The van der Waals surface area contributed by atoms with E-state index in [4.69, 9.17) is 0 Å². The van der Waals surface area contributed by atoms with Crippen molar-refractivity contribution in [2.24, 2.45) is 5.92 Å². The lowest BCUT2D eigenvalue weighted by atomic mass is 9.90. The van der Waals surface area contributed by atoms with Gasteiger partial charge in [-0.15, -0.1) is 0 Å². The van der Waals surface area contributed by atoms with Gasteiger partial charge >= 0.3 is 0 Å². The molecule has 1 aromatic rings. The van der Waals surface area contributed by atoms with E-state index in [1.807, 2.05) is 25.1 Å². The summed E-state index contributed by atoms with van der Waals surface area (Å²) in [7, 11) is 0. The van der Waals surface area contributed by atoms with E-state index in [0.29, 0.717) is 47.1 Å². The van der Waals surface area contributed by atoms with Gasteiger partial charge in [0.2, 0.25) is 0 Å². The Morgan fingerprint density at radius 3 is 2.74 bits per heavy atom. The summed E-state index contributed by atoms with van der Waals surface area (Å²) in [4.78, 5) is 0. The molecule has 4 nitrogen and oxygen atoms in total. The van der Waals surface area contributed by atoms with Crippen LogP contribution in [-0.2, 0) is 0 Å². The molecular formula is C21H25FIN2O2-. The number of halogens is 2. The summed E-state index contributed by atoms with van der Waals surface area (Å²) in [5.41, 5.74) is 3.54. The minimum Gasteiger partial charge on any atom is -0.783 e. The predicted molar refractivity (Wildman–Crippen MR) is 116 cm³/mol. The van der Waals surface area contributed by atoms with Gasteiger partial charge in [-0.1, -0.05) is 12.2 Å². The summed E-state index contributed by atoms with van der Waals surface area (Å²) >= 11 is 2.23. The van der Waals surface area contributed by atoms with Gasteiger partial charge in [-0.2, -0.15) is 0 Å². The highest BCUT2D eigenvalue weighted by Crippen LogP contribution is 2.38. The molecule has 146 valence electrons. The van der Waals surface area contributed by atoms with Gasteiger partial charge in [0.05, 0.1) is 5.70 Å². The molecule has 0 aromatic heterocycles. The molecule has 0 bridgehead atoms. The maximum absolute atomic E-state index is 15.3.